The first-order valence-corrected chi connectivity index (χ1v) is 12.0. The summed E-state index contributed by atoms with van der Waals surface area (Å²) in [5.74, 6) is 0.928. The zero-order chi connectivity index (χ0) is 23.8. The van der Waals surface area contributed by atoms with Gasteiger partial charge in [0.2, 0.25) is 0 Å². The third kappa shape index (κ3) is 7.90. The van der Waals surface area contributed by atoms with Crippen LogP contribution in [0.1, 0.15) is 70.6 Å². The lowest BCUT2D eigenvalue weighted by atomic mass is 9.68. The first-order chi connectivity index (χ1) is 15.7. The Morgan fingerprint density at radius 3 is 2.00 bits per heavy atom. The molecule has 3 rings (SSSR count). The lowest BCUT2D eigenvalue weighted by Crippen LogP contribution is -2.30. The van der Waals surface area contributed by atoms with Gasteiger partial charge in [-0.2, -0.15) is 13.2 Å². The van der Waals surface area contributed by atoms with Crippen molar-refractivity contribution in [2.75, 3.05) is 0 Å². The first-order valence-electron chi connectivity index (χ1n) is 12.0. The number of esters is 2. The highest BCUT2D eigenvalue weighted by molar-refractivity contribution is 5.84. The van der Waals surface area contributed by atoms with E-state index in [-0.39, 0.29) is 29.8 Å². The van der Waals surface area contributed by atoms with Gasteiger partial charge < -0.3 is 9.47 Å². The maximum absolute atomic E-state index is 12.7. The van der Waals surface area contributed by atoms with Crippen molar-refractivity contribution in [2.24, 2.45) is 23.7 Å². The molecule has 33 heavy (non-hydrogen) atoms. The second-order valence-corrected chi connectivity index (χ2v) is 9.39. The highest BCUT2D eigenvalue weighted by atomic mass is 19.4. The number of hydrogen-bond acceptors (Lipinski definition) is 4. The molecule has 0 bridgehead atoms. The smallest absolute Gasteiger partial charge is 0.389 e. The highest BCUT2D eigenvalue weighted by Crippen LogP contribution is 2.43. The molecule has 2 saturated carbocycles. The van der Waals surface area contributed by atoms with Crippen molar-refractivity contribution in [1.29, 1.82) is 0 Å². The summed E-state index contributed by atoms with van der Waals surface area (Å²) in [4.78, 5) is 24.2. The minimum atomic E-state index is -4.05. The Bertz CT molecular complexity index is 804. The maximum Gasteiger partial charge on any atom is 0.389 e. The van der Waals surface area contributed by atoms with Gasteiger partial charge in [0.1, 0.15) is 0 Å². The van der Waals surface area contributed by atoms with Crippen LogP contribution in [-0.4, -0.2) is 18.1 Å². The molecule has 0 unspecified atom stereocenters. The van der Waals surface area contributed by atoms with Crippen LogP contribution >= 0.6 is 0 Å². The fourth-order valence-corrected chi connectivity index (χ4v) is 5.33. The summed E-state index contributed by atoms with van der Waals surface area (Å²) in [5, 5.41) is 0. The zero-order valence-corrected chi connectivity index (χ0v) is 18.9. The fourth-order valence-electron chi connectivity index (χ4n) is 5.33. The minimum absolute atomic E-state index is 0.178. The molecule has 0 amide bonds. The molecule has 0 saturated heterocycles. The van der Waals surface area contributed by atoms with Gasteiger partial charge in [0.25, 0.3) is 0 Å². The minimum Gasteiger partial charge on any atom is -0.422 e. The van der Waals surface area contributed by atoms with Gasteiger partial charge in [0.05, 0.1) is 5.92 Å². The average molecular weight is 467 g/mol. The second kappa shape index (κ2) is 11.7. The van der Waals surface area contributed by atoms with Crippen LogP contribution in [0.3, 0.4) is 0 Å². The van der Waals surface area contributed by atoms with Gasteiger partial charge >= 0.3 is 18.1 Å². The number of carbonyl (C=O) groups excluding carboxylic acids is 2. The van der Waals surface area contributed by atoms with Gasteiger partial charge in [-0.05, 0) is 74.8 Å². The molecule has 4 nitrogen and oxygen atoms in total. The van der Waals surface area contributed by atoms with Crippen molar-refractivity contribution in [3.63, 3.8) is 0 Å². The van der Waals surface area contributed by atoms with E-state index in [2.05, 4.69) is 6.58 Å². The Labute approximate surface area is 193 Å². The summed E-state index contributed by atoms with van der Waals surface area (Å²) in [6.45, 7) is 3.37. The summed E-state index contributed by atoms with van der Waals surface area (Å²) in [7, 11) is 0. The Morgan fingerprint density at radius 1 is 0.909 bits per heavy atom. The number of carbonyl (C=O) groups is 2. The van der Waals surface area contributed by atoms with Crippen molar-refractivity contribution in [2.45, 2.75) is 76.8 Å². The molecule has 0 heterocycles. The Hall–Kier alpha value is -2.31. The van der Waals surface area contributed by atoms with E-state index in [1.165, 1.54) is 0 Å². The van der Waals surface area contributed by atoms with E-state index >= 15 is 0 Å². The normalized spacial score (nSPS) is 25.8. The lowest BCUT2D eigenvalue weighted by molar-refractivity contribution is -0.141. The van der Waals surface area contributed by atoms with Gasteiger partial charge in [-0.25, -0.2) is 4.79 Å². The van der Waals surface area contributed by atoms with Crippen LogP contribution in [0, 0.1) is 23.7 Å². The molecule has 0 aromatic heterocycles. The van der Waals surface area contributed by atoms with Gasteiger partial charge in [-0.1, -0.05) is 38.0 Å². The molecule has 0 radical (unpaired) electrons. The lowest BCUT2D eigenvalue weighted by Gasteiger charge is -2.37. The van der Waals surface area contributed by atoms with Gasteiger partial charge in [-0.15, -0.1) is 0 Å². The topological polar surface area (TPSA) is 52.6 Å². The van der Waals surface area contributed by atoms with Crippen molar-refractivity contribution in [3.8, 4) is 11.5 Å². The van der Waals surface area contributed by atoms with Crippen molar-refractivity contribution in [3.05, 3.63) is 36.9 Å². The van der Waals surface area contributed by atoms with E-state index in [1.807, 2.05) is 0 Å². The molecular formula is C26H33F3O4. The van der Waals surface area contributed by atoms with E-state index in [4.69, 9.17) is 9.47 Å². The molecule has 0 atom stereocenters. The molecular weight excluding hydrogens is 433 g/mol. The molecule has 0 aliphatic heterocycles. The Morgan fingerprint density at radius 2 is 1.45 bits per heavy atom. The number of ether oxygens (including phenoxy) is 2. The van der Waals surface area contributed by atoms with E-state index in [1.54, 1.807) is 24.3 Å². The molecule has 2 aliphatic rings. The summed E-state index contributed by atoms with van der Waals surface area (Å²) in [6, 6.07) is 6.58. The monoisotopic (exact) mass is 466 g/mol. The molecule has 0 spiro atoms. The van der Waals surface area contributed by atoms with Crippen LogP contribution in [0.4, 0.5) is 13.2 Å². The standard InChI is InChI=1S/C26H33F3O4/c1-2-24(30)32-22-7-3-4-8-23(22)33-25(31)21-15-13-20(14-16-21)19-11-9-18(10-12-19)6-5-17-26(27,28)29/h2-4,7-8,18-21H,1,5-6,9-17H2. The third-order valence-corrected chi connectivity index (χ3v) is 7.17. The summed E-state index contributed by atoms with van der Waals surface area (Å²) < 4.78 is 47.8. The van der Waals surface area contributed by atoms with Gasteiger partial charge in [0, 0.05) is 12.5 Å². The van der Waals surface area contributed by atoms with Crippen LogP contribution in [0.5, 0.6) is 11.5 Å². The summed E-state index contributed by atoms with van der Waals surface area (Å²) in [6.07, 6.45) is 4.92. The van der Waals surface area contributed by atoms with Crippen molar-refractivity contribution >= 4 is 11.9 Å². The predicted octanol–water partition coefficient (Wildman–Crippen LogP) is 7.03. The van der Waals surface area contributed by atoms with E-state index in [9.17, 15) is 22.8 Å². The summed E-state index contributed by atoms with van der Waals surface area (Å²) in [5.41, 5.74) is 0. The summed E-state index contributed by atoms with van der Waals surface area (Å²) >= 11 is 0. The number of para-hydroxylation sites is 2. The number of halogens is 3. The van der Waals surface area contributed by atoms with Crippen molar-refractivity contribution in [1.82, 2.24) is 0 Å². The zero-order valence-electron chi connectivity index (χ0n) is 18.9. The second-order valence-electron chi connectivity index (χ2n) is 9.39. The largest absolute Gasteiger partial charge is 0.422 e. The van der Waals surface area contributed by atoms with Gasteiger partial charge in [0.15, 0.2) is 11.5 Å². The number of rotatable bonds is 8. The van der Waals surface area contributed by atoms with Crippen LogP contribution in [0.2, 0.25) is 0 Å². The third-order valence-electron chi connectivity index (χ3n) is 7.17. The number of hydrogen-bond donors (Lipinski definition) is 0. The Kier molecular flexibility index (Phi) is 8.98. The molecule has 2 fully saturated rings. The average Bonchev–Trinajstić information content (AvgIpc) is 2.80. The fraction of sp³-hybridized carbons (Fsp3) is 0.615. The first kappa shape index (κ1) is 25.3. The molecule has 7 heteroatoms. The van der Waals surface area contributed by atoms with Crippen LogP contribution in [0.15, 0.2) is 36.9 Å². The van der Waals surface area contributed by atoms with E-state index in [0.717, 1.165) is 57.4 Å². The molecule has 182 valence electrons. The number of benzene rings is 1. The number of alkyl halides is 3. The SMILES string of the molecule is C=CC(=O)Oc1ccccc1OC(=O)C1CCC(C2CCC(CCCC(F)(F)F)CC2)CC1. The van der Waals surface area contributed by atoms with E-state index < -0.39 is 18.6 Å². The quantitative estimate of drug-likeness (QED) is 0.234. The predicted molar refractivity (Wildman–Crippen MR) is 119 cm³/mol. The van der Waals surface area contributed by atoms with Crippen LogP contribution < -0.4 is 9.47 Å². The maximum atomic E-state index is 12.7. The molecule has 1 aromatic rings. The molecule has 1 aromatic carbocycles. The molecule has 0 N–H and O–H groups in total. The van der Waals surface area contributed by atoms with Gasteiger partial charge in [-0.3, -0.25) is 4.79 Å². The van der Waals surface area contributed by atoms with E-state index in [0.29, 0.717) is 24.2 Å². The van der Waals surface area contributed by atoms with Crippen LogP contribution in [0.25, 0.3) is 0 Å². The Balaban J connectivity index is 1.41. The highest BCUT2D eigenvalue weighted by Gasteiger charge is 2.34. The molecule has 2 aliphatic carbocycles. The van der Waals surface area contributed by atoms with Crippen LogP contribution in [-0.2, 0) is 9.59 Å². The van der Waals surface area contributed by atoms with Crippen molar-refractivity contribution < 1.29 is 32.2 Å².